The number of hydrogen-bond donors (Lipinski definition) is 1. The fraction of sp³-hybridized carbons (Fsp3) is 0.591. The molecule has 3 aliphatic heterocycles. The van der Waals surface area contributed by atoms with Gasteiger partial charge >= 0.3 is 0 Å². The van der Waals surface area contributed by atoms with Crippen LogP contribution in [0, 0.1) is 11.3 Å². The molecule has 1 unspecified atom stereocenters. The quantitative estimate of drug-likeness (QED) is 0.836. The van der Waals surface area contributed by atoms with Gasteiger partial charge in [0.2, 0.25) is 5.91 Å². The summed E-state index contributed by atoms with van der Waals surface area (Å²) in [5, 5.41) is 3.16. The van der Waals surface area contributed by atoms with Crippen LogP contribution in [0.1, 0.15) is 45.6 Å². The number of amides is 1. The number of nitrogens with one attached hydrogen (secondary N) is 1. The van der Waals surface area contributed by atoms with Crippen molar-refractivity contribution >= 4 is 11.6 Å². The molecule has 1 aromatic rings. The first-order valence-electron chi connectivity index (χ1n) is 9.81. The van der Waals surface area contributed by atoms with Crippen LogP contribution in [0.15, 0.2) is 36.1 Å². The van der Waals surface area contributed by atoms with E-state index in [4.69, 9.17) is 4.74 Å². The fourth-order valence-electron chi connectivity index (χ4n) is 5.85. The molecular weight excluding hydrogens is 324 g/mol. The molecule has 0 aromatic heterocycles. The van der Waals surface area contributed by atoms with Crippen molar-refractivity contribution in [3.05, 3.63) is 41.7 Å². The maximum atomic E-state index is 13.2. The molecular formula is C22H30N2O2. The zero-order chi connectivity index (χ0) is 18.5. The Labute approximate surface area is 156 Å². The minimum atomic E-state index is -0.392. The van der Waals surface area contributed by atoms with Crippen LogP contribution in [0.4, 0.5) is 5.69 Å². The Morgan fingerprint density at radius 1 is 1.42 bits per heavy atom. The largest absolute Gasteiger partial charge is 0.504 e. The number of nitrogens with zero attached hydrogens (tertiary/aromatic N) is 1. The third kappa shape index (κ3) is 2.27. The van der Waals surface area contributed by atoms with Gasteiger partial charge in [-0.05, 0) is 61.3 Å². The normalized spacial score (nSPS) is 36.8. The zero-order valence-electron chi connectivity index (χ0n) is 16.3. The Morgan fingerprint density at radius 2 is 2.19 bits per heavy atom. The van der Waals surface area contributed by atoms with E-state index in [0.717, 1.165) is 38.0 Å². The highest BCUT2D eigenvalue weighted by Gasteiger charge is 2.61. The van der Waals surface area contributed by atoms with E-state index in [9.17, 15) is 4.79 Å². The first-order chi connectivity index (χ1) is 12.5. The molecule has 1 amide bonds. The van der Waals surface area contributed by atoms with E-state index < -0.39 is 5.41 Å². The van der Waals surface area contributed by atoms with Gasteiger partial charge in [0.15, 0.2) is 0 Å². The molecule has 4 heteroatoms. The van der Waals surface area contributed by atoms with E-state index in [1.165, 1.54) is 11.1 Å². The molecule has 4 nitrogen and oxygen atoms in total. The standard InChI is InChI=1S/C22H30N2O2/c1-5-21(3)14-24-11-10-22(19(24)12-17(21)15(2)13-26-4)16-8-6-7-9-18(16)23-20(22)25/h6-9,13,17,19H,5,10-12,14H2,1-4H3,(H,23,25)/b15-13-/t17-,19?,21+,22+/m1/s1. The lowest BCUT2D eigenvalue weighted by atomic mass is 9.62. The molecule has 3 heterocycles. The highest BCUT2D eigenvalue weighted by molar-refractivity contribution is 6.07. The van der Waals surface area contributed by atoms with Crippen molar-refractivity contribution in [3.8, 4) is 0 Å². The molecule has 4 atom stereocenters. The Morgan fingerprint density at radius 3 is 2.92 bits per heavy atom. The van der Waals surface area contributed by atoms with E-state index in [-0.39, 0.29) is 17.4 Å². The van der Waals surface area contributed by atoms with Gasteiger partial charge in [0.1, 0.15) is 0 Å². The number of fused-ring (bicyclic) bond motifs is 4. The van der Waals surface area contributed by atoms with E-state index in [1.807, 2.05) is 18.4 Å². The predicted molar refractivity (Wildman–Crippen MR) is 104 cm³/mol. The molecule has 1 aromatic carbocycles. The van der Waals surface area contributed by atoms with Gasteiger partial charge < -0.3 is 10.1 Å². The third-order valence-corrected chi connectivity index (χ3v) is 7.39. The number of benzene rings is 1. The lowest BCUT2D eigenvalue weighted by Gasteiger charge is -2.50. The smallest absolute Gasteiger partial charge is 0.236 e. The monoisotopic (exact) mass is 354 g/mol. The van der Waals surface area contributed by atoms with Crippen molar-refractivity contribution in [2.75, 3.05) is 25.5 Å². The second-order valence-electron chi connectivity index (χ2n) is 8.60. The van der Waals surface area contributed by atoms with Crippen LogP contribution >= 0.6 is 0 Å². The summed E-state index contributed by atoms with van der Waals surface area (Å²) in [7, 11) is 1.72. The summed E-state index contributed by atoms with van der Waals surface area (Å²) in [4.78, 5) is 15.8. The molecule has 2 fully saturated rings. The fourth-order valence-corrected chi connectivity index (χ4v) is 5.85. The SMILES string of the molecule is CC[C@@]1(C)CN2CC[C@@]3(C(=O)Nc4ccccc43)C2C[C@@H]1/C(C)=C\OC. The van der Waals surface area contributed by atoms with Crippen LogP contribution in [-0.2, 0) is 14.9 Å². The number of para-hydroxylation sites is 1. The molecule has 0 aliphatic carbocycles. The maximum absolute atomic E-state index is 13.2. The maximum Gasteiger partial charge on any atom is 0.236 e. The van der Waals surface area contributed by atoms with Crippen molar-refractivity contribution in [1.82, 2.24) is 4.90 Å². The molecule has 4 rings (SSSR count). The Balaban J connectivity index is 1.76. The van der Waals surface area contributed by atoms with Crippen LogP contribution in [0.5, 0.6) is 0 Å². The van der Waals surface area contributed by atoms with Crippen LogP contribution in [0.25, 0.3) is 0 Å². The molecule has 1 N–H and O–H groups in total. The van der Waals surface area contributed by atoms with Crippen LogP contribution in [-0.4, -0.2) is 37.0 Å². The molecule has 26 heavy (non-hydrogen) atoms. The van der Waals surface area contributed by atoms with Gasteiger partial charge in [0, 0.05) is 18.3 Å². The summed E-state index contributed by atoms with van der Waals surface area (Å²) in [6.45, 7) is 8.92. The third-order valence-electron chi connectivity index (χ3n) is 7.39. The Bertz CT molecular complexity index is 758. The molecule has 0 bridgehead atoms. The summed E-state index contributed by atoms with van der Waals surface area (Å²) in [5.41, 5.74) is 3.33. The van der Waals surface area contributed by atoms with Crippen molar-refractivity contribution in [2.24, 2.45) is 11.3 Å². The van der Waals surface area contributed by atoms with E-state index in [1.54, 1.807) is 7.11 Å². The number of methoxy groups -OCH3 is 1. The lowest BCUT2D eigenvalue weighted by molar-refractivity contribution is -0.123. The second kappa shape index (κ2) is 6.12. The summed E-state index contributed by atoms with van der Waals surface area (Å²) in [6.07, 6.45) is 4.96. The van der Waals surface area contributed by atoms with Gasteiger partial charge in [0.25, 0.3) is 0 Å². The summed E-state index contributed by atoms with van der Waals surface area (Å²) in [6, 6.07) is 8.52. The van der Waals surface area contributed by atoms with Gasteiger partial charge in [-0.3, -0.25) is 9.69 Å². The Hall–Kier alpha value is -1.81. The average molecular weight is 354 g/mol. The highest BCUT2D eigenvalue weighted by atomic mass is 16.5. The number of piperidine rings is 1. The summed E-state index contributed by atoms with van der Waals surface area (Å²) < 4.78 is 5.35. The van der Waals surface area contributed by atoms with Gasteiger partial charge in [-0.25, -0.2) is 0 Å². The van der Waals surface area contributed by atoms with Crippen molar-refractivity contribution in [3.63, 3.8) is 0 Å². The van der Waals surface area contributed by atoms with Crippen LogP contribution < -0.4 is 5.32 Å². The Kier molecular flexibility index (Phi) is 4.14. The minimum absolute atomic E-state index is 0.193. The van der Waals surface area contributed by atoms with E-state index in [2.05, 4.69) is 43.1 Å². The topological polar surface area (TPSA) is 41.6 Å². The molecule has 2 saturated heterocycles. The minimum Gasteiger partial charge on any atom is -0.504 e. The number of rotatable bonds is 3. The molecule has 3 aliphatic rings. The van der Waals surface area contributed by atoms with Gasteiger partial charge in [0.05, 0.1) is 18.8 Å². The van der Waals surface area contributed by atoms with E-state index in [0.29, 0.717) is 5.92 Å². The van der Waals surface area contributed by atoms with Gasteiger partial charge in [-0.15, -0.1) is 0 Å². The number of ether oxygens (including phenoxy) is 1. The summed E-state index contributed by atoms with van der Waals surface area (Å²) in [5.74, 6) is 0.627. The number of carbonyl (C=O) groups excluding carboxylic acids is 1. The number of hydrogen-bond acceptors (Lipinski definition) is 3. The lowest BCUT2D eigenvalue weighted by Crippen LogP contribution is -2.56. The molecule has 0 radical (unpaired) electrons. The van der Waals surface area contributed by atoms with Gasteiger partial charge in [-0.2, -0.15) is 0 Å². The van der Waals surface area contributed by atoms with E-state index >= 15 is 0 Å². The molecule has 0 saturated carbocycles. The van der Waals surface area contributed by atoms with Crippen LogP contribution in [0.2, 0.25) is 0 Å². The summed E-state index contributed by atoms with van der Waals surface area (Å²) >= 11 is 0. The van der Waals surface area contributed by atoms with Crippen molar-refractivity contribution in [2.45, 2.75) is 51.5 Å². The second-order valence-corrected chi connectivity index (χ2v) is 8.60. The number of anilines is 1. The predicted octanol–water partition coefficient (Wildman–Crippen LogP) is 3.94. The average Bonchev–Trinajstić information content (AvgIpc) is 3.14. The number of allylic oxidation sites excluding steroid dienone is 1. The first kappa shape index (κ1) is 17.6. The highest BCUT2D eigenvalue weighted by Crippen LogP contribution is 2.55. The number of carbonyl (C=O) groups is 1. The zero-order valence-corrected chi connectivity index (χ0v) is 16.3. The first-order valence-corrected chi connectivity index (χ1v) is 9.81. The van der Waals surface area contributed by atoms with Crippen molar-refractivity contribution in [1.29, 1.82) is 0 Å². The van der Waals surface area contributed by atoms with Crippen LogP contribution in [0.3, 0.4) is 0 Å². The molecule has 140 valence electrons. The molecule has 1 spiro atoms. The van der Waals surface area contributed by atoms with Crippen molar-refractivity contribution < 1.29 is 9.53 Å². The van der Waals surface area contributed by atoms with Gasteiger partial charge in [-0.1, -0.05) is 32.0 Å².